The third kappa shape index (κ3) is 5.60. The van der Waals surface area contributed by atoms with E-state index in [-0.39, 0.29) is 5.97 Å². The number of piperidine rings is 1. The van der Waals surface area contributed by atoms with Gasteiger partial charge in [0.2, 0.25) is 0 Å². The maximum atomic E-state index is 12.2. The SMILES string of the molecule is CCOCCn1c(C2CCCCN2CCc2ccc(C(C)(C)C(=O)OC)cc2)nc2ccccc21. The summed E-state index contributed by atoms with van der Waals surface area (Å²) in [5.41, 5.74) is 3.87. The molecule has 0 amide bonds. The number of carbonyl (C=O) groups is 1. The van der Waals surface area contributed by atoms with E-state index in [0.717, 1.165) is 50.2 Å². The normalized spacial score (nSPS) is 17.1. The highest BCUT2D eigenvalue weighted by Crippen LogP contribution is 2.33. The van der Waals surface area contributed by atoms with E-state index in [4.69, 9.17) is 14.5 Å². The maximum Gasteiger partial charge on any atom is 0.315 e. The molecule has 1 saturated heterocycles. The summed E-state index contributed by atoms with van der Waals surface area (Å²) in [7, 11) is 1.44. The number of benzene rings is 2. The van der Waals surface area contributed by atoms with Gasteiger partial charge < -0.3 is 14.0 Å². The summed E-state index contributed by atoms with van der Waals surface area (Å²) in [6.07, 6.45) is 4.55. The van der Waals surface area contributed by atoms with Crippen molar-refractivity contribution in [1.82, 2.24) is 14.5 Å². The summed E-state index contributed by atoms with van der Waals surface area (Å²) in [5.74, 6) is 0.953. The first-order chi connectivity index (χ1) is 17.0. The van der Waals surface area contributed by atoms with E-state index < -0.39 is 5.41 Å². The lowest BCUT2D eigenvalue weighted by Crippen LogP contribution is -2.36. The van der Waals surface area contributed by atoms with Crippen molar-refractivity contribution in [2.24, 2.45) is 0 Å². The van der Waals surface area contributed by atoms with Crippen LogP contribution < -0.4 is 0 Å². The van der Waals surface area contributed by atoms with Gasteiger partial charge in [0.1, 0.15) is 5.82 Å². The largest absolute Gasteiger partial charge is 0.468 e. The number of imidazole rings is 1. The summed E-state index contributed by atoms with van der Waals surface area (Å²) in [5, 5.41) is 0. The number of methoxy groups -OCH3 is 1. The van der Waals surface area contributed by atoms with Crippen LogP contribution in [0.2, 0.25) is 0 Å². The first-order valence-corrected chi connectivity index (χ1v) is 12.9. The van der Waals surface area contributed by atoms with Crippen molar-refractivity contribution in [1.29, 1.82) is 0 Å². The fourth-order valence-corrected chi connectivity index (χ4v) is 5.17. The van der Waals surface area contributed by atoms with Gasteiger partial charge in [-0.25, -0.2) is 4.98 Å². The third-order valence-electron chi connectivity index (χ3n) is 7.32. The Labute approximate surface area is 209 Å². The molecule has 1 fully saturated rings. The van der Waals surface area contributed by atoms with Crippen LogP contribution in [-0.2, 0) is 32.6 Å². The average molecular weight is 478 g/mol. The molecule has 188 valence electrons. The van der Waals surface area contributed by atoms with E-state index in [2.05, 4.69) is 58.0 Å². The van der Waals surface area contributed by atoms with Gasteiger partial charge in [0.15, 0.2) is 0 Å². The highest BCUT2D eigenvalue weighted by Gasteiger charge is 2.31. The quantitative estimate of drug-likeness (QED) is 0.293. The van der Waals surface area contributed by atoms with Crippen LogP contribution >= 0.6 is 0 Å². The van der Waals surface area contributed by atoms with Gasteiger partial charge in [0.05, 0.1) is 36.2 Å². The standard InChI is InChI=1S/C29H39N3O3/c1-5-35-21-20-32-25-11-7-6-10-24(25)30-27(32)26-12-8-9-18-31(26)19-17-22-13-15-23(16-14-22)29(2,3)28(33)34-4/h6-7,10-11,13-16,26H,5,8-9,12,17-21H2,1-4H3. The summed E-state index contributed by atoms with van der Waals surface area (Å²) in [4.78, 5) is 19.9. The van der Waals surface area contributed by atoms with Crippen LogP contribution in [0, 0.1) is 0 Å². The number of carbonyl (C=O) groups excluding carboxylic acids is 1. The molecule has 1 aromatic heterocycles. The third-order valence-corrected chi connectivity index (χ3v) is 7.32. The number of nitrogens with zero attached hydrogens (tertiary/aromatic N) is 3. The minimum atomic E-state index is -0.647. The van der Waals surface area contributed by atoms with Gasteiger partial charge in [0.25, 0.3) is 0 Å². The molecule has 1 aliphatic rings. The first-order valence-electron chi connectivity index (χ1n) is 12.9. The average Bonchev–Trinajstić information content (AvgIpc) is 3.26. The maximum absolute atomic E-state index is 12.2. The van der Waals surface area contributed by atoms with Crippen molar-refractivity contribution >= 4 is 17.0 Å². The number of rotatable bonds is 10. The summed E-state index contributed by atoms with van der Waals surface area (Å²) in [6.45, 7) is 10.2. The van der Waals surface area contributed by atoms with E-state index >= 15 is 0 Å². The number of hydrogen-bond acceptors (Lipinski definition) is 5. The Bertz CT molecular complexity index is 1120. The molecule has 2 aromatic carbocycles. The molecule has 4 rings (SSSR count). The van der Waals surface area contributed by atoms with Crippen LogP contribution in [0.1, 0.15) is 63.0 Å². The number of para-hydroxylation sites is 2. The number of fused-ring (bicyclic) bond motifs is 1. The van der Waals surface area contributed by atoms with Crippen molar-refractivity contribution in [2.45, 2.75) is 64.5 Å². The summed E-state index contributed by atoms with van der Waals surface area (Å²) >= 11 is 0. The van der Waals surface area contributed by atoms with E-state index in [1.165, 1.54) is 36.9 Å². The van der Waals surface area contributed by atoms with Crippen molar-refractivity contribution in [3.8, 4) is 0 Å². The van der Waals surface area contributed by atoms with E-state index in [9.17, 15) is 4.79 Å². The van der Waals surface area contributed by atoms with Gasteiger partial charge in [-0.15, -0.1) is 0 Å². The second kappa shape index (κ2) is 11.4. The highest BCUT2D eigenvalue weighted by molar-refractivity contribution is 5.82. The van der Waals surface area contributed by atoms with Gasteiger partial charge in [-0.2, -0.15) is 0 Å². The van der Waals surface area contributed by atoms with E-state index in [1.54, 1.807) is 0 Å². The zero-order valence-corrected chi connectivity index (χ0v) is 21.6. The van der Waals surface area contributed by atoms with Crippen LogP contribution in [0.25, 0.3) is 11.0 Å². The van der Waals surface area contributed by atoms with Gasteiger partial charge >= 0.3 is 5.97 Å². The number of hydrogen-bond donors (Lipinski definition) is 0. The Hall–Kier alpha value is -2.70. The molecular formula is C29H39N3O3. The molecule has 0 bridgehead atoms. The fourth-order valence-electron chi connectivity index (χ4n) is 5.17. The monoisotopic (exact) mass is 477 g/mol. The molecule has 0 spiro atoms. The van der Waals surface area contributed by atoms with Crippen LogP contribution in [0.4, 0.5) is 0 Å². The van der Waals surface area contributed by atoms with Crippen molar-refractivity contribution in [2.75, 3.05) is 33.4 Å². The molecule has 1 atom stereocenters. The van der Waals surface area contributed by atoms with Gasteiger partial charge in [-0.1, -0.05) is 42.8 Å². The van der Waals surface area contributed by atoms with Crippen molar-refractivity contribution in [3.05, 3.63) is 65.5 Å². The number of esters is 1. The molecule has 2 heterocycles. The van der Waals surface area contributed by atoms with Crippen LogP contribution in [0.15, 0.2) is 48.5 Å². The number of ether oxygens (including phenoxy) is 2. The predicted octanol–water partition coefficient (Wildman–Crippen LogP) is 5.29. The minimum absolute atomic E-state index is 0.214. The van der Waals surface area contributed by atoms with Gasteiger partial charge in [0, 0.05) is 19.7 Å². The Kier molecular flexibility index (Phi) is 8.24. The van der Waals surface area contributed by atoms with Crippen molar-refractivity contribution in [3.63, 3.8) is 0 Å². The van der Waals surface area contributed by atoms with Crippen molar-refractivity contribution < 1.29 is 14.3 Å². The molecule has 0 aliphatic carbocycles. The number of likely N-dealkylation sites (tertiary alicyclic amines) is 1. The molecule has 0 radical (unpaired) electrons. The smallest absolute Gasteiger partial charge is 0.315 e. The van der Waals surface area contributed by atoms with Gasteiger partial charge in [-0.05, 0) is 69.8 Å². The van der Waals surface area contributed by atoms with Crippen LogP contribution in [0.5, 0.6) is 0 Å². The molecule has 0 N–H and O–H groups in total. The highest BCUT2D eigenvalue weighted by atomic mass is 16.5. The minimum Gasteiger partial charge on any atom is -0.468 e. The Balaban J connectivity index is 1.51. The molecule has 35 heavy (non-hydrogen) atoms. The Morgan fingerprint density at radius 2 is 1.86 bits per heavy atom. The second-order valence-electron chi connectivity index (χ2n) is 9.92. The molecular weight excluding hydrogens is 438 g/mol. The molecule has 1 aliphatic heterocycles. The van der Waals surface area contributed by atoms with E-state index in [0.29, 0.717) is 12.6 Å². The zero-order chi connectivity index (χ0) is 24.8. The van der Waals surface area contributed by atoms with E-state index in [1.807, 2.05) is 20.8 Å². The summed E-state index contributed by atoms with van der Waals surface area (Å²) < 4.78 is 13.0. The zero-order valence-electron chi connectivity index (χ0n) is 21.6. The summed E-state index contributed by atoms with van der Waals surface area (Å²) in [6, 6.07) is 17.2. The fraction of sp³-hybridized carbons (Fsp3) is 0.517. The molecule has 6 heteroatoms. The molecule has 0 saturated carbocycles. The second-order valence-corrected chi connectivity index (χ2v) is 9.92. The Morgan fingerprint density at radius 3 is 2.60 bits per heavy atom. The number of aromatic nitrogens is 2. The van der Waals surface area contributed by atoms with Crippen LogP contribution in [-0.4, -0.2) is 53.8 Å². The van der Waals surface area contributed by atoms with Crippen LogP contribution in [0.3, 0.4) is 0 Å². The van der Waals surface area contributed by atoms with Gasteiger partial charge in [-0.3, -0.25) is 9.69 Å². The molecule has 3 aromatic rings. The predicted molar refractivity (Wildman–Crippen MR) is 140 cm³/mol. The topological polar surface area (TPSA) is 56.6 Å². The Morgan fingerprint density at radius 1 is 1.09 bits per heavy atom. The molecule has 6 nitrogen and oxygen atoms in total. The first kappa shape index (κ1) is 25.4. The molecule has 1 unspecified atom stereocenters. The lowest BCUT2D eigenvalue weighted by Gasteiger charge is -2.35. The lowest BCUT2D eigenvalue weighted by molar-refractivity contribution is -0.146. The lowest BCUT2D eigenvalue weighted by atomic mass is 9.84.